The normalized spacial score (nSPS) is 15.1. The van der Waals surface area contributed by atoms with Crippen molar-refractivity contribution in [3.63, 3.8) is 0 Å². The van der Waals surface area contributed by atoms with Crippen molar-refractivity contribution in [1.29, 1.82) is 0 Å². The van der Waals surface area contributed by atoms with Crippen LogP contribution in [0.1, 0.15) is 42.6 Å². The highest BCUT2D eigenvalue weighted by Crippen LogP contribution is 2.28. The number of hydrogen-bond acceptors (Lipinski definition) is 4. The number of rotatable bonds is 6. The van der Waals surface area contributed by atoms with E-state index in [2.05, 4.69) is 16.1 Å². The standard InChI is InChI=1S/C21H26N4O2/c1-15-11-20-22-17(12-21(26)25(20)23-15)14-24(18-8-4-5-9-18)13-16-7-3-6-10-19(16)27-2/h3,6-7,10-12,18,23H,4-5,8-9,13-14H2,1-2H3. The monoisotopic (exact) mass is 366 g/mol. The van der Waals surface area contributed by atoms with Crippen LogP contribution in [0.25, 0.3) is 5.65 Å². The van der Waals surface area contributed by atoms with Crippen LogP contribution in [-0.4, -0.2) is 32.6 Å². The lowest BCUT2D eigenvalue weighted by Gasteiger charge is -2.29. The van der Waals surface area contributed by atoms with E-state index >= 15 is 0 Å². The van der Waals surface area contributed by atoms with Gasteiger partial charge in [0.1, 0.15) is 5.75 Å². The highest BCUT2D eigenvalue weighted by Gasteiger charge is 2.24. The van der Waals surface area contributed by atoms with E-state index in [4.69, 9.17) is 9.72 Å². The van der Waals surface area contributed by atoms with Crippen LogP contribution in [0.15, 0.2) is 41.2 Å². The molecular formula is C21H26N4O2. The van der Waals surface area contributed by atoms with Crippen LogP contribution in [0, 0.1) is 6.92 Å². The maximum Gasteiger partial charge on any atom is 0.272 e. The summed E-state index contributed by atoms with van der Waals surface area (Å²) in [5, 5.41) is 3.03. The van der Waals surface area contributed by atoms with Gasteiger partial charge in [0.2, 0.25) is 0 Å². The molecule has 4 rings (SSSR count). The highest BCUT2D eigenvalue weighted by molar-refractivity contribution is 5.39. The molecule has 1 N–H and O–H groups in total. The molecule has 1 fully saturated rings. The van der Waals surface area contributed by atoms with Gasteiger partial charge in [-0.25, -0.2) is 9.50 Å². The van der Waals surface area contributed by atoms with Crippen LogP contribution in [0.4, 0.5) is 0 Å². The van der Waals surface area contributed by atoms with E-state index in [1.165, 1.54) is 35.8 Å². The first kappa shape index (κ1) is 17.8. The largest absolute Gasteiger partial charge is 0.496 e. The summed E-state index contributed by atoms with van der Waals surface area (Å²) in [5.41, 5.74) is 3.53. The second-order valence-electron chi connectivity index (χ2n) is 7.37. The Morgan fingerprint density at radius 1 is 1.22 bits per heavy atom. The number of nitrogens with zero attached hydrogens (tertiary/aromatic N) is 3. The van der Waals surface area contributed by atoms with Crippen LogP contribution >= 0.6 is 0 Å². The summed E-state index contributed by atoms with van der Waals surface area (Å²) >= 11 is 0. The first-order valence-electron chi connectivity index (χ1n) is 9.58. The molecule has 2 heterocycles. The molecule has 1 aliphatic carbocycles. The number of para-hydroxylation sites is 1. The zero-order chi connectivity index (χ0) is 18.8. The number of fused-ring (bicyclic) bond motifs is 1. The third-order valence-corrected chi connectivity index (χ3v) is 5.40. The van der Waals surface area contributed by atoms with Gasteiger partial charge in [0.25, 0.3) is 5.56 Å². The molecule has 0 aliphatic heterocycles. The molecule has 0 unspecified atom stereocenters. The van der Waals surface area contributed by atoms with Crippen LogP contribution < -0.4 is 10.3 Å². The van der Waals surface area contributed by atoms with Crippen molar-refractivity contribution in [2.75, 3.05) is 7.11 Å². The molecule has 27 heavy (non-hydrogen) atoms. The third-order valence-electron chi connectivity index (χ3n) is 5.40. The molecule has 0 saturated heterocycles. The van der Waals surface area contributed by atoms with Crippen molar-refractivity contribution in [2.45, 2.75) is 51.7 Å². The summed E-state index contributed by atoms with van der Waals surface area (Å²) in [6, 6.07) is 12.2. The van der Waals surface area contributed by atoms with Gasteiger partial charge < -0.3 is 4.74 Å². The molecule has 0 amide bonds. The Bertz CT molecular complexity index is 985. The number of nitrogens with one attached hydrogen (secondary N) is 1. The molecule has 0 atom stereocenters. The Kier molecular flexibility index (Phi) is 4.99. The number of aromatic nitrogens is 3. The molecule has 1 aromatic carbocycles. The lowest BCUT2D eigenvalue weighted by molar-refractivity contribution is 0.176. The van der Waals surface area contributed by atoms with Gasteiger partial charge in [-0.1, -0.05) is 31.0 Å². The van der Waals surface area contributed by atoms with Gasteiger partial charge in [0.15, 0.2) is 5.65 Å². The van der Waals surface area contributed by atoms with Crippen LogP contribution in [0.3, 0.4) is 0 Å². The topological polar surface area (TPSA) is 62.6 Å². The van der Waals surface area contributed by atoms with E-state index in [-0.39, 0.29) is 5.56 Å². The van der Waals surface area contributed by atoms with E-state index in [0.29, 0.717) is 18.2 Å². The zero-order valence-corrected chi connectivity index (χ0v) is 15.9. The summed E-state index contributed by atoms with van der Waals surface area (Å²) in [4.78, 5) is 19.6. The van der Waals surface area contributed by atoms with E-state index in [9.17, 15) is 4.79 Å². The predicted octanol–water partition coefficient (Wildman–Crippen LogP) is 3.28. The van der Waals surface area contributed by atoms with E-state index in [0.717, 1.165) is 23.7 Å². The first-order valence-corrected chi connectivity index (χ1v) is 9.58. The minimum Gasteiger partial charge on any atom is -0.496 e. The molecule has 0 spiro atoms. The maximum absolute atomic E-state index is 12.4. The number of methoxy groups -OCH3 is 1. The van der Waals surface area contributed by atoms with Crippen molar-refractivity contribution in [3.05, 3.63) is 63.7 Å². The van der Waals surface area contributed by atoms with Gasteiger partial charge in [-0.15, -0.1) is 0 Å². The van der Waals surface area contributed by atoms with Gasteiger partial charge in [-0.05, 0) is 25.8 Å². The predicted molar refractivity (Wildman–Crippen MR) is 105 cm³/mol. The lowest BCUT2D eigenvalue weighted by Crippen LogP contribution is -2.33. The lowest BCUT2D eigenvalue weighted by atomic mass is 10.1. The summed E-state index contributed by atoms with van der Waals surface area (Å²) in [7, 11) is 1.71. The Balaban J connectivity index is 1.64. The molecule has 142 valence electrons. The van der Waals surface area contributed by atoms with Crippen molar-refractivity contribution < 1.29 is 4.74 Å². The van der Waals surface area contributed by atoms with Crippen LogP contribution in [0.5, 0.6) is 5.75 Å². The highest BCUT2D eigenvalue weighted by atomic mass is 16.5. The van der Waals surface area contributed by atoms with Crippen molar-refractivity contribution >= 4 is 5.65 Å². The molecule has 6 nitrogen and oxygen atoms in total. The fraction of sp³-hybridized carbons (Fsp3) is 0.429. The van der Waals surface area contributed by atoms with Crippen molar-refractivity contribution in [3.8, 4) is 5.75 Å². The second-order valence-corrected chi connectivity index (χ2v) is 7.37. The average molecular weight is 366 g/mol. The summed E-state index contributed by atoms with van der Waals surface area (Å²) in [6.45, 7) is 3.39. The molecule has 1 aliphatic rings. The average Bonchev–Trinajstić information content (AvgIpc) is 3.31. The molecule has 0 bridgehead atoms. The van der Waals surface area contributed by atoms with E-state index in [1.807, 2.05) is 31.2 Å². The van der Waals surface area contributed by atoms with Gasteiger partial charge in [0, 0.05) is 42.5 Å². The zero-order valence-electron chi connectivity index (χ0n) is 15.9. The van der Waals surface area contributed by atoms with E-state index < -0.39 is 0 Å². The van der Waals surface area contributed by atoms with Gasteiger partial charge in [-0.3, -0.25) is 14.8 Å². The Morgan fingerprint density at radius 3 is 2.78 bits per heavy atom. The summed E-state index contributed by atoms with van der Waals surface area (Å²) in [6.07, 6.45) is 4.91. The molecule has 1 saturated carbocycles. The Labute approximate surface area is 158 Å². The minimum atomic E-state index is -0.0632. The second kappa shape index (κ2) is 7.56. The quantitative estimate of drug-likeness (QED) is 0.727. The fourth-order valence-corrected chi connectivity index (χ4v) is 4.09. The SMILES string of the molecule is COc1ccccc1CN(Cc1cc(=O)n2[nH]c(C)cc2n1)C1CCCC1. The van der Waals surface area contributed by atoms with Crippen LogP contribution in [-0.2, 0) is 13.1 Å². The van der Waals surface area contributed by atoms with Gasteiger partial charge in [-0.2, -0.15) is 0 Å². The van der Waals surface area contributed by atoms with Crippen molar-refractivity contribution in [2.24, 2.45) is 0 Å². The molecule has 6 heteroatoms. The van der Waals surface area contributed by atoms with Crippen LogP contribution in [0.2, 0.25) is 0 Å². The number of hydrogen-bond donors (Lipinski definition) is 1. The number of aryl methyl sites for hydroxylation is 1. The number of benzene rings is 1. The summed E-state index contributed by atoms with van der Waals surface area (Å²) < 4.78 is 7.04. The van der Waals surface area contributed by atoms with Gasteiger partial charge in [0.05, 0.1) is 12.8 Å². The fourth-order valence-electron chi connectivity index (χ4n) is 4.09. The minimum absolute atomic E-state index is 0.0632. The third kappa shape index (κ3) is 3.76. The maximum atomic E-state index is 12.4. The molecule has 2 aromatic heterocycles. The Hall–Kier alpha value is -2.60. The molecule has 0 radical (unpaired) electrons. The number of H-pyrrole nitrogens is 1. The number of aromatic amines is 1. The van der Waals surface area contributed by atoms with E-state index in [1.54, 1.807) is 13.2 Å². The Morgan fingerprint density at radius 2 is 2.00 bits per heavy atom. The van der Waals surface area contributed by atoms with Gasteiger partial charge >= 0.3 is 0 Å². The summed E-state index contributed by atoms with van der Waals surface area (Å²) in [5.74, 6) is 0.908. The molecule has 3 aromatic rings. The first-order chi connectivity index (χ1) is 13.1. The number of ether oxygens (including phenoxy) is 1. The smallest absolute Gasteiger partial charge is 0.272 e. The molecular weight excluding hydrogens is 340 g/mol. The van der Waals surface area contributed by atoms with Crippen molar-refractivity contribution in [1.82, 2.24) is 19.5 Å².